The van der Waals surface area contributed by atoms with E-state index in [0.717, 1.165) is 19.4 Å². The van der Waals surface area contributed by atoms with Crippen molar-refractivity contribution >= 4 is 10.9 Å². The first-order valence-corrected chi connectivity index (χ1v) is 5.93. The highest BCUT2D eigenvalue weighted by molar-refractivity contribution is 5.81. The van der Waals surface area contributed by atoms with Crippen LogP contribution in [-0.2, 0) is 0 Å². The number of aromatic nitrogens is 1. The second-order valence-corrected chi connectivity index (χ2v) is 4.57. The number of rotatable bonds is 1. The Balaban J connectivity index is 2.13. The van der Waals surface area contributed by atoms with E-state index in [4.69, 9.17) is 0 Å². The topological polar surface area (TPSA) is 27.8 Å². The normalized spacial score (nSPS) is 20.9. The van der Waals surface area contributed by atoms with E-state index in [1.807, 2.05) is 0 Å². The van der Waals surface area contributed by atoms with Crippen LogP contribution in [0.15, 0.2) is 18.3 Å². The first-order chi connectivity index (χ1) is 8.27. The zero-order valence-corrected chi connectivity index (χ0v) is 9.39. The van der Waals surface area contributed by atoms with Crippen LogP contribution in [0, 0.1) is 11.6 Å². The van der Waals surface area contributed by atoms with Gasteiger partial charge in [-0.3, -0.25) is 0 Å². The van der Waals surface area contributed by atoms with E-state index in [2.05, 4.69) is 10.3 Å². The zero-order chi connectivity index (χ0) is 11.8. The molecular formula is C13H14F2N2. The number of H-pyrrole nitrogens is 1. The Kier molecular flexibility index (Phi) is 2.59. The second kappa shape index (κ2) is 4.11. The van der Waals surface area contributed by atoms with Crippen molar-refractivity contribution in [3.63, 3.8) is 0 Å². The van der Waals surface area contributed by atoms with E-state index in [1.54, 1.807) is 12.3 Å². The molecule has 1 aromatic carbocycles. The van der Waals surface area contributed by atoms with Crippen LogP contribution in [0.3, 0.4) is 0 Å². The maximum Gasteiger partial charge on any atom is 0.153 e. The van der Waals surface area contributed by atoms with Crippen molar-refractivity contribution in [2.24, 2.45) is 0 Å². The molecule has 1 aliphatic rings. The Morgan fingerprint density at radius 2 is 2.18 bits per heavy atom. The van der Waals surface area contributed by atoms with Crippen LogP contribution in [0.2, 0.25) is 0 Å². The van der Waals surface area contributed by atoms with Gasteiger partial charge < -0.3 is 10.3 Å². The van der Waals surface area contributed by atoms with Crippen molar-refractivity contribution in [1.82, 2.24) is 10.3 Å². The molecule has 2 aromatic rings. The molecule has 3 rings (SSSR count). The molecule has 1 fully saturated rings. The van der Waals surface area contributed by atoms with Gasteiger partial charge in [0.25, 0.3) is 0 Å². The van der Waals surface area contributed by atoms with Crippen molar-refractivity contribution in [2.75, 3.05) is 13.1 Å². The summed E-state index contributed by atoms with van der Waals surface area (Å²) in [5.74, 6) is -0.918. The largest absolute Gasteiger partial charge is 0.359 e. The molecule has 0 spiro atoms. The predicted octanol–water partition coefficient (Wildman–Crippen LogP) is 2.91. The van der Waals surface area contributed by atoms with E-state index in [1.165, 1.54) is 6.07 Å². The molecule has 17 heavy (non-hydrogen) atoms. The van der Waals surface area contributed by atoms with Gasteiger partial charge in [-0.2, -0.15) is 0 Å². The Morgan fingerprint density at radius 1 is 1.29 bits per heavy atom. The lowest BCUT2D eigenvalue weighted by Gasteiger charge is -2.24. The molecule has 0 bridgehead atoms. The summed E-state index contributed by atoms with van der Waals surface area (Å²) in [5.41, 5.74) is 0.638. The van der Waals surface area contributed by atoms with Gasteiger partial charge in [-0.25, -0.2) is 8.78 Å². The minimum absolute atomic E-state index is 0.0588. The van der Waals surface area contributed by atoms with Crippen LogP contribution < -0.4 is 5.32 Å². The molecule has 2 N–H and O–H groups in total. The summed E-state index contributed by atoms with van der Waals surface area (Å²) >= 11 is 0. The molecule has 2 nitrogen and oxygen atoms in total. The van der Waals surface area contributed by atoms with Gasteiger partial charge in [0, 0.05) is 29.6 Å². The van der Waals surface area contributed by atoms with Crippen LogP contribution in [-0.4, -0.2) is 18.1 Å². The molecule has 0 aliphatic carbocycles. The third-order valence-electron chi connectivity index (χ3n) is 3.48. The van der Waals surface area contributed by atoms with Crippen LogP contribution in [0.25, 0.3) is 10.9 Å². The maximum atomic E-state index is 14.2. The van der Waals surface area contributed by atoms with Crippen molar-refractivity contribution in [3.8, 4) is 0 Å². The van der Waals surface area contributed by atoms with Gasteiger partial charge in [-0.1, -0.05) is 0 Å². The standard InChI is InChI=1S/C13H14F2N2/c14-10-6-8-3-5-17-13(8)12(15)11(10)9-2-1-4-16-7-9/h3,5-6,9,16-17H,1-2,4,7H2. The first kappa shape index (κ1) is 10.7. The predicted molar refractivity (Wildman–Crippen MR) is 63.1 cm³/mol. The Hall–Kier alpha value is -1.42. The summed E-state index contributed by atoms with van der Waals surface area (Å²) in [6.45, 7) is 1.59. The number of hydrogen-bond donors (Lipinski definition) is 2. The van der Waals surface area contributed by atoms with Gasteiger partial charge in [0.1, 0.15) is 5.82 Å². The molecule has 4 heteroatoms. The average molecular weight is 236 g/mol. The van der Waals surface area contributed by atoms with Crippen LogP contribution in [0.4, 0.5) is 8.78 Å². The fourth-order valence-electron chi connectivity index (χ4n) is 2.62. The first-order valence-electron chi connectivity index (χ1n) is 5.93. The van der Waals surface area contributed by atoms with Gasteiger partial charge in [0.2, 0.25) is 0 Å². The van der Waals surface area contributed by atoms with Gasteiger partial charge in [0.15, 0.2) is 5.82 Å². The highest BCUT2D eigenvalue weighted by atomic mass is 19.1. The number of nitrogens with one attached hydrogen (secondary N) is 2. The number of halogens is 2. The monoisotopic (exact) mass is 236 g/mol. The highest BCUT2D eigenvalue weighted by Gasteiger charge is 2.24. The molecule has 1 atom stereocenters. The third kappa shape index (κ3) is 1.72. The molecule has 0 radical (unpaired) electrons. The summed E-state index contributed by atoms with van der Waals surface area (Å²) < 4.78 is 28.2. The number of aromatic amines is 1. The zero-order valence-electron chi connectivity index (χ0n) is 9.39. The van der Waals surface area contributed by atoms with Gasteiger partial charge in [-0.15, -0.1) is 0 Å². The minimum Gasteiger partial charge on any atom is -0.359 e. The van der Waals surface area contributed by atoms with Gasteiger partial charge in [0.05, 0.1) is 5.52 Å². The summed E-state index contributed by atoms with van der Waals surface area (Å²) in [4.78, 5) is 2.83. The Morgan fingerprint density at radius 3 is 2.94 bits per heavy atom. The summed E-state index contributed by atoms with van der Waals surface area (Å²) in [5, 5.41) is 3.78. The van der Waals surface area contributed by atoms with E-state index in [9.17, 15) is 8.78 Å². The summed E-state index contributed by atoms with van der Waals surface area (Å²) in [6, 6.07) is 3.10. The quantitative estimate of drug-likeness (QED) is 0.782. The molecular weight excluding hydrogens is 222 g/mol. The lowest BCUT2D eigenvalue weighted by atomic mass is 9.90. The number of hydrogen-bond acceptors (Lipinski definition) is 1. The van der Waals surface area contributed by atoms with Crippen LogP contribution in [0.5, 0.6) is 0 Å². The van der Waals surface area contributed by atoms with Gasteiger partial charge in [-0.05, 0) is 31.5 Å². The van der Waals surface area contributed by atoms with Crippen molar-refractivity contribution in [2.45, 2.75) is 18.8 Å². The Labute approximate surface area is 98.0 Å². The second-order valence-electron chi connectivity index (χ2n) is 4.57. The van der Waals surface area contributed by atoms with E-state index in [0.29, 0.717) is 17.4 Å². The fourth-order valence-corrected chi connectivity index (χ4v) is 2.62. The van der Waals surface area contributed by atoms with E-state index in [-0.39, 0.29) is 11.5 Å². The fraction of sp³-hybridized carbons (Fsp3) is 0.385. The lowest BCUT2D eigenvalue weighted by molar-refractivity contribution is 0.430. The van der Waals surface area contributed by atoms with E-state index >= 15 is 0 Å². The smallest absolute Gasteiger partial charge is 0.153 e. The molecule has 2 heterocycles. The SMILES string of the molecule is Fc1cc2cc[nH]c2c(F)c1C1CCCNC1. The molecule has 0 amide bonds. The highest BCUT2D eigenvalue weighted by Crippen LogP contribution is 2.31. The number of benzene rings is 1. The van der Waals surface area contributed by atoms with Crippen molar-refractivity contribution < 1.29 is 8.78 Å². The third-order valence-corrected chi connectivity index (χ3v) is 3.48. The molecule has 0 saturated carbocycles. The number of piperidine rings is 1. The maximum absolute atomic E-state index is 14.2. The molecule has 1 saturated heterocycles. The van der Waals surface area contributed by atoms with Crippen molar-refractivity contribution in [3.05, 3.63) is 35.5 Å². The van der Waals surface area contributed by atoms with E-state index < -0.39 is 11.6 Å². The summed E-state index contributed by atoms with van der Waals surface area (Å²) in [7, 11) is 0. The average Bonchev–Trinajstić information content (AvgIpc) is 2.78. The molecule has 90 valence electrons. The number of fused-ring (bicyclic) bond motifs is 1. The van der Waals surface area contributed by atoms with Crippen LogP contribution in [0.1, 0.15) is 24.3 Å². The van der Waals surface area contributed by atoms with Crippen LogP contribution >= 0.6 is 0 Å². The lowest BCUT2D eigenvalue weighted by Crippen LogP contribution is -2.29. The molecule has 1 aromatic heterocycles. The Bertz CT molecular complexity index is 542. The van der Waals surface area contributed by atoms with Gasteiger partial charge >= 0.3 is 0 Å². The van der Waals surface area contributed by atoms with Crippen molar-refractivity contribution in [1.29, 1.82) is 0 Å². The summed E-state index contributed by atoms with van der Waals surface area (Å²) in [6.07, 6.45) is 3.44. The molecule has 1 aliphatic heterocycles. The molecule has 1 unspecified atom stereocenters. The minimum atomic E-state index is -0.432.